The molecule has 0 aliphatic rings. The van der Waals surface area contributed by atoms with Gasteiger partial charge in [0.2, 0.25) is 0 Å². The Hall–Kier alpha value is -1.91. The van der Waals surface area contributed by atoms with Gasteiger partial charge in [-0.15, -0.1) is 0 Å². The maximum atomic E-state index is 11.1. The molecule has 0 aliphatic carbocycles. The zero-order valence-electron chi connectivity index (χ0n) is 10.1. The molecule has 0 radical (unpaired) electrons. The van der Waals surface area contributed by atoms with Gasteiger partial charge in [-0.3, -0.25) is 0 Å². The fourth-order valence-corrected chi connectivity index (χ4v) is 2.01. The van der Waals surface area contributed by atoms with E-state index in [9.17, 15) is 9.90 Å². The second-order valence-electron chi connectivity index (χ2n) is 4.11. The number of hydrogen-bond donors (Lipinski definition) is 0. The molecule has 2 heterocycles. The highest BCUT2D eigenvalue weighted by atomic mass is 16.4. The average Bonchev–Trinajstić information content (AvgIpc) is 2.55. The molecule has 0 saturated heterocycles. The molecular formula is C12H14N3O2-. The number of nitrogens with zero attached hydrogens (tertiary/aromatic N) is 3. The molecule has 17 heavy (non-hydrogen) atoms. The summed E-state index contributed by atoms with van der Waals surface area (Å²) in [4.78, 5) is 15.5. The van der Waals surface area contributed by atoms with Crippen LogP contribution in [0.1, 0.15) is 35.1 Å². The minimum Gasteiger partial charge on any atom is -0.545 e. The third-order valence-corrected chi connectivity index (χ3v) is 2.66. The van der Waals surface area contributed by atoms with E-state index >= 15 is 0 Å². The Morgan fingerprint density at radius 1 is 1.47 bits per heavy atom. The molecular weight excluding hydrogens is 218 g/mol. The van der Waals surface area contributed by atoms with Gasteiger partial charge in [-0.1, -0.05) is 6.92 Å². The summed E-state index contributed by atoms with van der Waals surface area (Å²) in [5, 5.41) is 16.0. The second-order valence-corrected chi connectivity index (χ2v) is 4.11. The van der Waals surface area contributed by atoms with Crippen LogP contribution in [0.4, 0.5) is 0 Å². The predicted molar refractivity (Wildman–Crippen MR) is 61.6 cm³/mol. The number of carboxylic acid groups (broad SMARTS) is 1. The summed E-state index contributed by atoms with van der Waals surface area (Å²) in [6.45, 7) is 6.33. The summed E-state index contributed by atoms with van der Waals surface area (Å²) in [5.74, 6) is -1.18. The minimum atomic E-state index is -1.18. The minimum absolute atomic E-state index is 0.173. The lowest BCUT2D eigenvalue weighted by molar-refractivity contribution is -0.254. The normalized spacial score (nSPS) is 11.0. The highest BCUT2D eigenvalue weighted by Crippen LogP contribution is 2.21. The molecule has 5 heteroatoms. The van der Waals surface area contributed by atoms with Crippen LogP contribution in [0.3, 0.4) is 0 Å². The first-order valence-electron chi connectivity index (χ1n) is 5.60. The molecule has 0 spiro atoms. The summed E-state index contributed by atoms with van der Waals surface area (Å²) in [6, 6.07) is 1.53. The Kier molecular flexibility index (Phi) is 2.83. The summed E-state index contributed by atoms with van der Waals surface area (Å²) in [5.41, 5.74) is 2.14. The number of pyridine rings is 1. The third kappa shape index (κ3) is 1.88. The van der Waals surface area contributed by atoms with Crippen molar-refractivity contribution in [3.05, 3.63) is 23.0 Å². The number of carbonyl (C=O) groups is 1. The molecule has 90 valence electrons. The van der Waals surface area contributed by atoms with E-state index in [1.807, 2.05) is 6.92 Å². The predicted octanol–water partition coefficient (Wildman–Crippen LogP) is 0.822. The summed E-state index contributed by atoms with van der Waals surface area (Å²) >= 11 is 0. The number of carboxylic acids is 1. The van der Waals surface area contributed by atoms with E-state index < -0.39 is 5.97 Å². The van der Waals surface area contributed by atoms with Crippen molar-refractivity contribution in [3.63, 3.8) is 0 Å². The van der Waals surface area contributed by atoms with Gasteiger partial charge >= 0.3 is 0 Å². The largest absolute Gasteiger partial charge is 0.545 e. The topological polar surface area (TPSA) is 70.8 Å². The molecule has 2 rings (SSSR count). The molecule has 0 N–H and O–H groups in total. The van der Waals surface area contributed by atoms with Gasteiger partial charge in [-0.25, -0.2) is 9.67 Å². The van der Waals surface area contributed by atoms with Crippen molar-refractivity contribution in [2.24, 2.45) is 0 Å². The Bertz CT molecular complexity index is 587. The number of aromatic nitrogens is 3. The highest BCUT2D eigenvalue weighted by Gasteiger charge is 2.13. The lowest BCUT2D eigenvalue weighted by Crippen LogP contribution is -2.23. The Morgan fingerprint density at radius 2 is 2.18 bits per heavy atom. The summed E-state index contributed by atoms with van der Waals surface area (Å²) < 4.78 is 1.75. The van der Waals surface area contributed by atoms with Gasteiger partial charge in [-0.05, 0) is 26.3 Å². The zero-order chi connectivity index (χ0) is 12.6. The Morgan fingerprint density at radius 3 is 2.76 bits per heavy atom. The lowest BCUT2D eigenvalue weighted by Gasteiger charge is -2.06. The van der Waals surface area contributed by atoms with Crippen molar-refractivity contribution in [1.29, 1.82) is 0 Å². The van der Waals surface area contributed by atoms with Crippen LogP contribution in [0.15, 0.2) is 6.07 Å². The number of aromatic carboxylic acids is 1. The van der Waals surface area contributed by atoms with Crippen LogP contribution < -0.4 is 5.11 Å². The number of rotatable bonds is 3. The molecule has 0 amide bonds. The van der Waals surface area contributed by atoms with Crippen LogP contribution in [0.5, 0.6) is 0 Å². The van der Waals surface area contributed by atoms with Gasteiger partial charge < -0.3 is 9.90 Å². The van der Waals surface area contributed by atoms with E-state index in [0.717, 1.165) is 13.0 Å². The van der Waals surface area contributed by atoms with Crippen LogP contribution in [-0.2, 0) is 6.54 Å². The van der Waals surface area contributed by atoms with Gasteiger partial charge in [0.25, 0.3) is 0 Å². The van der Waals surface area contributed by atoms with Crippen LogP contribution in [0, 0.1) is 13.8 Å². The van der Waals surface area contributed by atoms with Gasteiger partial charge in [-0.2, -0.15) is 5.10 Å². The molecule has 0 saturated carbocycles. The third-order valence-electron chi connectivity index (χ3n) is 2.66. The average molecular weight is 232 g/mol. The lowest BCUT2D eigenvalue weighted by atomic mass is 10.1. The first-order chi connectivity index (χ1) is 8.04. The standard InChI is InChI=1S/C12H15N3O2/c1-4-5-15-11-10(8(3)14-15)9(12(16)17)6-7(2)13-11/h6H,4-5H2,1-3H3,(H,16,17)/p-1. The van der Waals surface area contributed by atoms with Crippen molar-refractivity contribution < 1.29 is 9.90 Å². The van der Waals surface area contributed by atoms with E-state index in [4.69, 9.17) is 0 Å². The number of aryl methyl sites for hydroxylation is 3. The molecule has 0 aliphatic heterocycles. The number of hydrogen-bond acceptors (Lipinski definition) is 4. The molecule has 0 atom stereocenters. The summed E-state index contributed by atoms with van der Waals surface area (Å²) in [6.07, 6.45) is 0.923. The van der Waals surface area contributed by atoms with Crippen molar-refractivity contribution in [2.45, 2.75) is 33.7 Å². The Labute approximate surface area is 99.1 Å². The molecule has 0 bridgehead atoms. The van der Waals surface area contributed by atoms with E-state index in [0.29, 0.717) is 22.4 Å². The molecule has 0 unspecified atom stereocenters. The maximum Gasteiger partial charge on any atom is 0.158 e. The summed E-state index contributed by atoms with van der Waals surface area (Å²) in [7, 11) is 0. The van der Waals surface area contributed by atoms with Crippen LogP contribution in [-0.4, -0.2) is 20.7 Å². The maximum absolute atomic E-state index is 11.1. The van der Waals surface area contributed by atoms with Crippen LogP contribution in [0.25, 0.3) is 11.0 Å². The number of fused-ring (bicyclic) bond motifs is 1. The number of carbonyl (C=O) groups excluding carboxylic acids is 1. The zero-order valence-corrected chi connectivity index (χ0v) is 10.1. The van der Waals surface area contributed by atoms with Gasteiger partial charge in [0, 0.05) is 17.8 Å². The van der Waals surface area contributed by atoms with Crippen molar-refractivity contribution in [3.8, 4) is 0 Å². The van der Waals surface area contributed by atoms with Crippen molar-refractivity contribution in [2.75, 3.05) is 0 Å². The van der Waals surface area contributed by atoms with Gasteiger partial charge in [0.05, 0.1) is 17.0 Å². The molecule has 2 aromatic rings. The molecule has 0 aromatic carbocycles. The quantitative estimate of drug-likeness (QED) is 0.785. The second kappa shape index (κ2) is 4.16. The molecule has 5 nitrogen and oxygen atoms in total. The van der Waals surface area contributed by atoms with Crippen molar-refractivity contribution in [1.82, 2.24) is 14.8 Å². The van der Waals surface area contributed by atoms with E-state index in [2.05, 4.69) is 10.1 Å². The van der Waals surface area contributed by atoms with E-state index in [-0.39, 0.29) is 5.56 Å². The van der Waals surface area contributed by atoms with E-state index in [1.54, 1.807) is 18.5 Å². The van der Waals surface area contributed by atoms with Crippen LogP contribution >= 0.6 is 0 Å². The van der Waals surface area contributed by atoms with Crippen molar-refractivity contribution >= 4 is 17.0 Å². The SMILES string of the molecule is CCCn1nc(C)c2c(C(=O)[O-])cc(C)nc21. The van der Waals surface area contributed by atoms with E-state index in [1.165, 1.54) is 6.07 Å². The highest BCUT2D eigenvalue weighted by molar-refractivity contribution is 6.01. The smallest absolute Gasteiger partial charge is 0.158 e. The van der Waals surface area contributed by atoms with Crippen LogP contribution in [0.2, 0.25) is 0 Å². The monoisotopic (exact) mass is 232 g/mol. The fourth-order valence-electron chi connectivity index (χ4n) is 2.01. The first-order valence-corrected chi connectivity index (χ1v) is 5.60. The fraction of sp³-hybridized carbons (Fsp3) is 0.417. The Balaban J connectivity index is 2.80. The first kappa shape index (κ1) is 11.6. The molecule has 2 aromatic heterocycles. The van der Waals surface area contributed by atoms with Gasteiger partial charge in [0.15, 0.2) is 5.65 Å². The van der Waals surface area contributed by atoms with Gasteiger partial charge in [0.1, 0.15) is 0 Å². The molecule has 0 fully saturated rings.